The second-order valence-corrected chi connectivity index (χ2v) is 5.08. The van der Waals surface area contributed by atoms with Crippen molar-refractivity contribution in [3.05, 3.63) is 29.3 Å². The molecule has 21 heavy (non-hydrogen) atoms. The molecule has 0 fully saturated rings. The van der Waals surface area contributed by atoms with Gasteiger partial charge in [-0.1, -0.05) is 17.7 Å². The monoisotopic (exact) mass is 294 g/mol. The van der Waals surface area contributed by atoms with E-state index in [1.807, 2.05) is 6.92 Å². The van der Waals surface area contributed by atoms with Crippen LogP contribution in [0, 0.1) is 6.92 Å². The second kappa shape index (κ2) is 10.6. The largest absolute Gasteiger partial charge is 0.383 e. The summed E-state index contributed by atoms with van der Waals surface area (Å²) in [6.45, 7) is 12.3. The van der Waals surface area contributed by atoms with Crippen LogP contribution in [0.4, 0.5) is 5.69 Å². The summed E-state index contributed by atoms with van der Waals surface area (Å²) in [5.41, 5.74) is 3.93. The summed E-state index contributed by atoms with van der Waals surface area (Å²) >= 11 is 0. The zero-order valence-corrected chi connectivity index (χ0v) is 13.9. The van der Waals surface area contributed by atoms with E-state index >= 15 is 0 Å². The van der Waals surface area contributed by atoms with E-state index < -0.39 is 0 Å². The van der Waals surface area contributed by atoms with Crippen LogP contribution in [-0.4, -0.2) is 46.6 Å². The number of likely N-dealkylation sites (N-methyl/N-ethyl adjacent to an activating group) is 1. The zero-order chi connectivity index (χ0) is 15.5. The average Bonchev–Trinajstić information content (AvgIpc) is 2.49. The van der Waals surface area contributed by atoms with Gasteiger partial charge in [-0.3, -0.25) is 0 Å². The van der Waals surface area contributed by atoms with Crippen molar-refractivity contribution in [3.63, 3.8) is 0 Å². The first-order valence-electron chi connectivity index (χ1n) is 7.84. The van der Waals surface area contributed by atoms with E-state index in [9.17, 15) is 0 Å². The highest BCUT2D eigenvalue weighted by molar-refractivity contribution is 5.55. The maximum Gasteiger partial charge on any atom is 0.0641 e. The number of ether oxygens (including phenoxy) is 2. The van der Waals surface area contributed by atoms with Gasteiger partial charge in [0.1, 0.15) is 0 Å². The molecule has 1 N–H and O–H groups in total. The predicted octanol–water partition coefficient (Wildman–Crippen LogP) is 2.59. The van der Waals surface area contributed by atoms with E-state index in [1.165, 1.54) is 16.8 Å². The van der Waals surface area contributed by atoms with Crippen molar-refractivity contribution in [2.75, 3.05) is 51.5 Å². The molecule has 0 aliphatic carbocycles. The van der Waals surface area contributed by atoms with Gasteiger partial charge < -0.3 is 19.7 Å². The Morgan fingerprint density at radius 2 is 2.00 bits per heavy atom. The van der Waals surface area contributed by atoms with Crippen LogP contribution in [0.5, 0.6) is 0 Å². The summed E-state index contributed by atoms with van der Waals surface area (Å²) in [5.74, 6) is 0. The molecule has 0 aromatic heterocycles. The normalized spacial score (nSPS) is 10.9. The molecule has 0 heterocycles. The Morgan fingerprint density at radius 3 is 2.67 bits per heavy atom. The maximum atomic E-state index is 5.49. The molecule has 0 aliphatic heterocycles. The van der Waals surface area contributed by atoms with Gasteiger partial charge in [0.25, 0.3) is 0 Å². The highest BCUT2D eigenvalue weighted by atomic mass is 16.5. The Labute approximate surface area is 129 Å². The Balaban J connectivity index is 2.72. The summed E-state index contributed by atoms with van der Waals surface area (Å²) in [5, 5.41) is 3.43. The van der Waals surface area contributed by atoms with Gasteiger partial charge in [0.2, 0.25) is 0 Å². The number of methoxy groups -OCH3 is 1. The molecular weight excluding hydrogens is 264 g/mol. The van der Waals surface area contributed by atoms with E-state index in [0.717, 1.165) is 46.0 Å². The SMILES string of the molecule is CCOCCN(CC)c1ccc(C)cc1CNCCOC. The third-order valence-corrected chi connectivity index (χ3v) is 3.47. The molecule has 0 saturated carbocycles. The van der Waals surface area contributed by atoms with Crippen LogP contribution in [-0.2, 0) is 16.0 Å². The van der Waals surface area contributed by atoms with E-state index in [0.29, 0.717) is 0 Å². The van der Waals surface area contributed by atoms with Crippen LogP contribution in [0.2, 0.25) is 0 Å². The topological polar surface area (TPSA) is 33.7 Å². The number of rotatable bonds is 11. The smallest absolute Gasteiger partial charge is 0.0641 e. The molecule has 1 aromatic carbocycles. The van der Waals surface area contributed by atoms with E-state index in [2.05, 4.69) is 42.3 Å². The van der Waals surface area contributed by atoms with Crippen LogP contribution in [0.1, 0.15) is 25.0 Å². The van der Waals surface area contributed by atoms with Crippen LogP contribution in [0.25, 0.3) is 0 Å². The summed E-state index contributed by atoms with van der Waals surface area (Å²) in [6.07, 6.45) is 0. The minimum Gasteiger partial charge on any atom is -0.383 e. The molecule has 0 aliphatic rings. The van der Waals surface area contributed by atoms with Gasteiger partial charge in [-0.2, -0.15) is 0 Å². The van der Waals surface area contributed by atoms with Crippen molar-refractivity contribution in [3.8, 4) is 0 Å². The van der Waals surface area contributed by atoms with Crippen LogP contribution < -0.4 is 10.2 Å². The predicted molar refractivity (Wildman–Crippen MR) is 89.1 cm³/mol. The number of nitrogens with one attached hydrogen (secondary N) is 1. The molecule has 1 aromatic rings. The molecule has 1 rings (SSSR count). The Hall–Kier alpha value is -1.10. The quantitative estimate of drug-likeness (QED) is 0.636. The number of anilines is 1. The van der Waals surface area contributed by atoms with Crippen molar-refractivity contribution >= 4 is 5.69 Å². The van der Waals surface area contributed by atoms with Crippen LogP contribution >= 0.6 is 0 Å². The molecule has 0 amide bonds. The molecule has 120 valence electrons. The first-order valence-corrected chi connectivity index (χ1v) is 7.84. The minimum absolute atomic E-state index is 0.739. The van der Waals surface area contributed by atoms with E-state index in [4.69, 9.17) is 9.47 Å². The summed E-state index contributed by atoms with van der Waals surface area (Å²) in [4.78, 5) is 2.38. The first kappa shape index (κ1) is 18.0. The highest BCUT2D eigenvalue weighted by Gasteiger charge is 2.10. The van der Waals surface area contributed by atoms with Gasteiger partial charge in [0.05, 0.1) is 13.2 Å². The maximum absolute atomic E-state index is 5.49. The van der Waals surface area contributed by atoms with Crippen molar-refractivity contribution in [2.45, 2.75) is 27.3 Å². The lowest BCUT2D eigenvalue weighted by Crippen LogP contribution is -2.29. The van der Waals surface area contributed by atoms with Gasteiger partial charge >= 0.3 is 0 Å². The summed E-state index contributed by atoms with van der Waals surface area (Å²) < 4.78 is 10.6. The molecule has 4 nitrogen and oxygen atoms in total. The van der Waals surface area contributed by atoms with Gasteiger partial charge in [0.15, 0.2) is 0 Å². The lowest BCUT2D eigenvalue weighted by Gasteiger charge is -2.26. The Morgan fingerprint density at radius 1 is 1.19 bits per heavy atom. The molecule has 0 radical (unpaired) electrons. The fourth-order valence-corrected chi connectivity index (χ4v) is 2.33. The lowest BCUT2D eigenvalue weighted by atomic mass is 10.1. The highest BCUT2D eigenvalue weighted by Crippen LogP contribution is 2.22. The molecule has 0 spiro atoms. The molecule has 0 atom stereocenters. The average molecular weight is 294 g/mol. The first-order chi connectivity index (χ1) is 10.2. The van der Waals surface area contributed by atoms with Gasteiger partial charge in [-0.05, 0) is 32.4 Å². The third-order valence-electron chi connectivity index (χ3n) is 3.47. The Bertz CT molecular complexity index is 396. The van der Waals surface area contributed by atoms with E-state index in [-0.39, 0.29) is 0 Å². The van der Waals surface area contributed by atoms with Crippen molar-refractivity contribution < 1.29 is 9.47 Å². The molecule has 0 bridgehead atoms. The number of benzene rings is 1. The standard InChI is InChI=1S/C17H30N2O2/c1-5-19(10-12-21-6-2)17-8-7-15(3)13-16(17)14-18-9-11-20-4/h7-8,13,18H,5-6,9-12,14H2,1-4H3. The zero-order valence-electron chi connectivity index (χ0n) is 13.9. The number of hydrogen-bond acceptors (Lipinski definition) is 4. The third kappa shape index (κ3) is 6.46. The number of hydrogen-bond donors (Lipinski definition) is 1. The fraction of sp³-hybridized carbons (Fsp3) is 0.647. The minimum atomic E-state index is 0.739. The molecule has 4 heteroatoms. The van der Waals surface area contributed by atoms with Crippen LogP contribution in [0.15, 0.2) is 18.2 Å². The fourth-order valence-electron chi connectivity index (χ4n) is 2.33. The van der Waals surface area contributed by atoms with Crippen molar-refractivity contribution in [1.82, 2.24) is 5.32 Å². The van der Waals surface area contributed by atoms with Crippen molar-refractivity contribution in [1.29, 1.82) is 0 Å². The summed E-state index contributed by atoms with van der Waals surface area (Å²) in [7, 11) is 1.73. The lowest BCUT2D eigenvalue weighted by molar-refractivity contribution is 0.154. The molecule has 0 saturated heterocycles. The molecule has 0 unspecified atom stereocenters. The summed E-state index contributed by atoms with van der Waals surface area (Å²) in [6, 6.07) is 6.66. The number of aryl methyl sites for hydroxylation is 1. The second-order valence-electron chi connectivity index (χ2n) is 5.08. The molecular formula is C17H30N2O2. The van der Waals surface area contributed by atoms with Gasteiger partial charge in [-0.25, -0.2) is 0 Å². The van der Waals surface area contributed by atoms with Gasteiger partial charge in [-0.15, -0.1) is 0 Å². The number of nitrogens with zero attached hydrogens (tertiary/aromatic N) is 1. The van der Waals surface area contributed by atoms with E-state index in [1.54, 1.807) is 7.11 Å². The van der Waals surface area contributed by atoms with Crippen molar-refractivity contribution in [2.24, 2.45) is 0 Å². The van der Waals surface area contributed by atoms with Crippen LogP contribution in [0.3, 0.4) is 0 Å². The van der Waals surface area contributed by atoms with Gasteiger partial charge in [0, 0.05) is 45.6 Å². The Kier molecular flexibility index (Phi) is 9.06.